The molecule has 0 unspecified atom stereocenters. The molecule has 32 heavy (non-hydrogen) atoms. The lowest BCUT2D eigenvalue weighted by Gasteiger charge is -2.33. The second-order valence-corrected chi connectivity index (χ2v) is 9.43. The van der Waals surface area contributed by atoms with E-state index in [4.69, 9.17) is 14.7 Å². The fourth-order valence-electron chi connectivity index (χ4n) is 3.60. The minimum Gasteiger partial charge on any atom is -0.471 e. The summed E-state index contributed by atoms with van der Waals surface area (Å²) in [6.45, 7) is 10.9. The molecule has 8 heteroatoms. The van der Waals surface area contributed by atoms with Crippen molar-refractivity contribution in [2.75, 3.05) is 13.1 Å². The van der Waals surface area contributed by atoms with Crippen molar-refractivity contribution in [2.24, 2.45) is 0 Å². The Kier molecular flexibility index (Phi) is 7.07. The Bertz CT molecular complexity index is 996. The molecule has 1 aromatic heterocycles. The Morgan fingerprint density at radius 1 is 1.31 bits per heavy atom. The van der Waals surface area contributed by atoms with Gasteiger partial charge in [0.15, 0.2) is 0 Å². The molecule has 1 aliphatic heterocycles. The van der Waals surface area contributed by atoms with Crippen molar-refractivity contribution < 1.29 is 18.7 Å². The van der Waals surface area contributed by atoms with Crippen LogP contribution >= 0.6 is 0 Å². The summed E-state index contributed by atoms with van der Waals surface area (Å²) in [4.78, 5) is 14.0. The van der Waals surface area contributed by atoms with Gasteiger partial charge in [0.25, 0.3) is 0 Å². The molecule has 0 spiro atoms. The van der Waals surface area contributed by atoms with Crippen LogP contribution in [0.5, 0.6) is 5.88 Å². The van der Waals surface area contributed by atoms with Crippen LogP contribution in [-0.2, 0) is 11.3 Å². The van der Waals surface area contributed by atoms with Crippen molar-refractivity contribution in [3.63, 3.8) is 0 Å². The number of amides is 1. The molecule has 1 aromatic carbocycles. The van der Waals surface area contributed by atoms with Gasteiger partial charge in [-0.25, -0.2) is 9.18 Å². The highest BCUT2D eigenvalue weighted by molar-refractivity contribution is 5.68. The van der Waals surface area contributed by atoms with Gasteiger partial charge in [-0.2, -0.15) is 5.26 Å². The summed E-state index contributed by atoms with van der Waals surface area (Å²) in [5.74, 6) is 0.203. The minimum absolute atomic E-state index is 0.0331. The van der Waals surface area contributed by atoms with Crippen LogP contribution in [0.4, 0.5) is 9.18 Å². The average molecular weight is 443 g/mol. The van der Waals surface area contributed by atoms with Crippen LogP contribution in [0.15, 0.2) is 24.4 Å². The first-order chi connectivity index (χ1) is 15.1. The summed E-state index contributed by atoms with van der Waals surface area (Å²) >= 11 is 0. The third kappa shape index (κ3) is 5.78. The van der Waals surface area contributed by atoms with E-state index in [0.717, 1.165) is 18.4 Å². The molecule has 2 aromatic rings. The molecule has 7 nitrogen and oxygen atoms in total. The second-order valence-electron chi connectivity index (χ2n) is 9.43. The summed E-state index contributed by atoms with van der Waals surface area (Å²) in [7, 11) is 0. The van der Waals surface area contributed by atoms with Gasteiger partial charge in [0.05, 0.1) is 17.7 Å². The van der Waals surface area contributed by atoms with E-state index < -0.39 is 11.4 Å². The highest BCUT2D eigenvalue weighted by Gasteiger charge is 2.29. The number of halogens is 1. The summed E-state index contributed by atoms with van der Waals surface area (Å²) < 4.78 is 27.5. The fourth-order valence-corrected chi connectivity index (χ4v) is 3.60. The minimum atomic E-state index is -0.511. The van der Waals surface area contributed by atoms with E-state index in [9.17, 15) is 9.18 Å². The van der Waals surface area contributed by atoms with Gasteiger partial charge in [0.1, 0.15) is 18.0 Å². The van der Waals surface area contributed by atoms with Crippen molar-refractivity contribution in [3.05, 3.63) is 46.9 Å². The lowest BCUT2D eigenvalue weighted by Crippen LogP contribution is -2.42. The molecule has 0 aliphatic carbocycles. The molecule has 0 N–H and O–H groups in total. The first-order valence-corrected chi connectivity index (χ1v) is 11.0. The van der Waals surface area contributed by atoms with Gasteiger partial charge in [-0.05, 0) is 51.7 Å². The van der Waals surface area contributed by atoms with Gasteiger partial charge in [-0.1, -0.05) is 19.9 Å². The van der Waals surface area contributed by atoms with Crippen LogP contribution in [0.3, 0.4) is 0 Å². The number of carbonyl (C=O) groups is 1. The summed E-state index contributed by atoms with van der Waals surface area (Å²) in [6, 6.07) is 6.41. The number of benzene rings is 1. The van der Waals surface area contributed by atoms with Crippen LogP contribution in [0.25, 0.3) is 0 Å². The molecule has 172 valence electrons. The van der Waals surface area contributed by atoms with Gasteiger partial charge in [0, 0.05) is 30.4 Å². The number of nitrogens with zero attached hydrogens (tertiary/aromatic N) is 4. The SMILES string of the molecule is CC(C)c1cn(C2CCN(C(=O)OC(C)(C)C)CC2)nc1OCc1ccc(C#N)cc1F. The Morgan fingerprint density at radius 2 is 2.00 bits per heavy atom. The van der Waals surface area contributed by atoms with E-state index in [-0.39, 0.29) is 30.2 Å². The normalized spacial score (nSPS) is 15.0. The number of nitriles is 1. The quantitative estimate of drug-likeness (QED) is 0.638. The fraction of sp³-hybridized carbons (Fsp3) is 0.542. The third-order valence-electron chi connectivity index (χ3n) is 5.38. The number of piperidine rings is 1. The lowest BCUT2D eigenvalue weighted by molar-refractivity contribution is 0.0184. The maximum Gasteiger partial charge on any atom is 0.410 e. The molecule has 1 saturated heterocycles. The van der Waals surface area contributed by atoms with Gasteiger partial charge in [0.2, 0.25) is 5.88 Å². The monoisotopic (exact) mass is 442 g/mol. The average Bonchev–Trinajstić information content (AvgIpc) is 3.16. The number of ether oxygens (including phenoxy) is 2. The van der Waals surface area contributed by atoms with Crippen molar-refractivity contribution in [3.8, 4) is 11.9 Å². The predicted molar refractivity (Wildman–Crippen MR) is 118 cm³/mol. The summed E-state index contributed by atoms with van der Waals surface area (Å²) in [5, 5.41) is 13.5. The zero-order valence-electron chi connectivity index (χ0n) is 19.4. The van der Waals surface area contributed by atoms with E-state index >= 15 is 0 Å². The van der Waals surface area contributed by atoms with Gasteiger partial charge in [-0.15, -0.1) is 5.10 Å². The Balaban J connectivity index is 1.66. The number of aromatic nitrogens is 2. The van der Waals surface area contributed by atoms with Gasteiger partial charge < -0.3 is 14.4 Å². The largest absolute Gasteiger partial charge is 0.471 e. The van der Waals surface area contributed by atoms with E-state index in [1.807, 2.05) is 37.7 Å². The molecule has 2 heterocycles. The zero-order chi connectivity index (χ0) is 23.5. The second kappa shape index (κ2) is 9.60. The number of rotatable bonds is 5. The van der Waals surface area contributed by atoms with Crippen molar-refractivity contribution in [1.82, 2.24) is 14.7 Å². The third-order valence-corrected chi connectivity index (χ3v) is 5.38. The topological polar surface area (TPSA) is 80.4 Å². The molecule has 0 bridgehead atoms. The molecule has 3 rings (SSSR count). The predicted octanol–water partition coefficient (Wildman–Crippen LogP) is 5.17. The van der Waals surface area contributed by atoms with Crippen LogP contribution in [-0.4, -0.2) is 39.5 Å². The smallest absolute Gasteiger partial charge is 0.410 e. The van der Waals surface area contributed by atoms with Crippen LogP contribution in [0.1, 0.15) is 76.1 Å². The summed E-state index contributed by atoms with van der Waals surface area (Å²) in [6.07, 6.45) is 3.24. The number of carbonyl (C=O) groups excluding carboxylic acids is 1. The first-order valence-electron chi connectivity index (χ1n) is 11.0. The number of hydrogen-bond donors (Lipinski definition) is 0. The molecular formula is C24H31FN4O3. The van der Waals surface area contributed by atoms with Crippen LogP contribution in [0.2, 0.25) is 0 Å². The standard InChI is InChI=1S/C24H31FN4O3/c1-16(2)20-14-29(19-8-10-28(11-9-19)23(30)32-24(3,4)5)27-22(20)31-15-18-7-6-17(13-26)12-21(18)25/h6-7,12,14,16,19H,8-11,15H2,1-5H3. The molecule has 0 radical (unpaired) electrons. The van der Waals surface area contributed by atoms with Crippen LogP contribution in [0, 0.1) is 17.1 Å². The number of hydrogen-bond acceptors (Lipinski definition) is 5. The molecule has 0 atom stereocenters. The van der Waals surface area contributed by atoms with Crippen molar-refractivity contribution in [2.45, 2.75) is 71.6 Å². The zero-order valence-corrected chi connectivity index (χ0v) is 19.4. The van der Waals surface area contributed by atoms with E-state index in [1.165, 1.54) is 6.07 Å². The maximum atomic E-state index is 14.2. The summed E-state index contributed by atoms with van der Waals surface area (Å²) in [5.41, 5.74) is 1.09. The Morgan fingerprint density at radius 3 is 2.56 bits per heavy atom. The highest BCUT2D eigenvalue weighted by Crippen LogP contribution is 2.31. The molecule has 1 fully saturated rings. The van der Waals surface area contributed by atoms with E-state index in [1.54, 1.807) is 17.0 Å². The first kappa shape index (κ1) is 23.6. The molecular weight excluding hydrogens is 411 g/mol. The lowest BCUT2D eigenvalue weighted by atomic mass is 10.0. The Labute approximate surface area is 188 Å². The molecule has 0 saturated carbocycles. The maximum absolute atomic E-state index is 14.2. The number of likely N-dealkylation sites (tertiary alicyclic amines) is 1. The molecule has 1 amide bonds. The van der Waals surface area contributed by atoms with E-state index in [2.05, 4.69) is 18.9 Å². The van der Waals surface area contributed by atoms with E-state index in [0.29, 0.717) is 24.5 Å². The van der Waals surface area contributed by atoms with Crippen molar-refractivity contribution >= 4 is 6.09 Å². The van der Waals surface area contributed by atoms with Crippen LogP contribution < -0.4 is 4.74 Å². The van der Waals surface area contributed by atoms with Gasteiger partial charge >= 0.3 is 6.09 Å². The van der Waals surface area contributed by atoms with Gasteiger partial charge in [-0.3, -0.25) is 4.68 Å². The molecule has 1 aliphatic rings. The van der Waals surface area contributed by atoms with Crippen molar-refractivity contribution in [1.29, 1.82) is 5.26 Å². The Hall–Kier alpha value is -3.08. The highest BCUT2D eigenvalue weighted by atomic mass is 19.1.